The van der Waals surface area contributed by atoms with Crippen molar-refractivity contribution in [2.45, 2.75) is 38.6 Å². The summed E-state index contributed by atoms with van der Waals surface area (Å²) in [4.78, 5) is 0.860. The molecule has 0 bridgehead atoms. The van der Waals surface area contributed by atoms with Crippen molar-refractivity contribution in [2.24, 2.45) is 5.73 Å². The molecule has 2 N–H and O–H groups in total. The molecular weight excluding hydrogens is 278 g/mol. The number of hydrogen-bond acceptors (Lipinski definition) is 2. The highest BCUT2D eigenvalue weighted by Crippen LogP contribution is 2.21. The summed E-state index contributed by atoms with van der Waals surface area (Å²) in [5.41, 5.74) is 12.1. The minimum absolute atomic E-state index is 0.202. The number of benzene rings is 2. The van der Waals surface area contributed by atoms with Gasteiger partial charge in [0.2, 0.25) is 0 Å². The Morgan fingerprint density at radius 3 is 2.29 bits per heavy atom. The Balaban J connectivity index is 2.18. The smallest absolute Gasteiger partial charge is 0.0548 e. The largest absolute Gasteiger partial charge is 0.323 e. The van der Waals surface area contributed by atoms with Crippen LogP contribution in [0.4, 0.5) is 0 Å². The van der Waals surface area contributed by atoms with Crippen LogP contribution in [0.25, 0.3) is 0 Å². The van der Waals surface area contributed by atoms with Gasteiger partial charge < -0.3 is 5.73 Å². The topological polar surface area (TPSA) is 43.1 Å². The lowest BCUT2D eigenvalue weighted by Gasteiger charge is -2.15. The van der Waals surface area contributed by atoms with Gasteiger partial charge in [-0.1, -0.05) is 29.8 Å². The summed E-state index contributed by atoms with van der Waals surface area (Å²) < 4.78 is 12.5. The molecule has 2 rings (SSSR count). The van der Waals surface area contributed by atoms with Gasteiger partial charge in [-0.25, -0.2) is 0 Å². The number of rotatable bonds is 4. The van der Waals surface area contributed by atoms with Crippen LogP contribution in [0.2, 0.25) is 0 Å². The van der Waals surface area contributed by atoms with Gasteiger partial charge in [0.05, 0.1) is 10.8 Å². The maximum absolute atomic E-state index is 12.5. The third-order valence-electron chi connectivity index (χ3n) is 3.91. The minimum Gasteiger partial charge on any atom is -0.323 e. The van der Waals surface area contributed by atoms with Crippen LogP contribution in [-0.2, 0) is 10.8 Å². The van der Waals surface area contributed by atoms with Gasteiger partial charge in [-0.05, 0) is 62.1 Å². The van der Waals surface area contributed by atoms with Crippen molar-refractivity contribution in [3.63, 3.8) is 0 Å². The first-order valence-corrected chi connectivity index (χ1v) is 8.48. The summed E-state index contributed by atoms with van der Waals surface area (Å²) in [5.74, 6) is 0.451. The maximum Gasteiger partial charge on any atom is 0.0548 e. The zero-order chi connectivity index (χ0) is 15.6. The zero-order valence-corrected chi connectivity index (χ0v) is 14.0. The highest BCUT2D eigenvalue weighted by atomic mass is 32.2. The second kappa shape index (κ2) is 6.54. The number of hydrogen-bond donors (Lipinski definition) is 1. The van der Waals surface area contributed by atoms with Gasteiger partial charge in [-0.2, -0.15) is 0 Å². The van der Waals surface area contributed by atoms with Crippen LogP contribution < -0.4 is 5.73 Å². The summed E-state index contributed by atoms with van der Waals surface area (Å²) >= 11 is 0. The van der Waals surface area contributed by atoms with Crippen molar-refractivity contribution < 1.29 is 4.21 Å². The van der Waals surface area contributed by atoms with Crippen molar-refractivity contribution in [3.8, 4) is 0 Å². The molecule has 0 spiro atoms. The van der Waals surface area contributed by atoms with Crippen molar-refractivity contribution in [1.29, 1.82) is 0 Å². The molecule has 3 heteroatoms. The van der Waals surface area contributed by atoms with E-state index in [1.54, 1.807) is 0 Å². The van der Waals surface area contributed by atoms with Gasteiger partial charge in [0.1, 0.15) is 0 Å². The van der Waals surface area contributed by atoms with Crippen molar-refractivity contribution >= 4 is 10.8 Å². The standard InChI is InChI=1S/C18H23NOS/c1-12-5-6-14(3)17(9-12)18(19)11-21(20)16-8-7-13(2)15(4)10-16/h5-10,18H,11,19H2,1-4H3. The summed E-state index contributed by atoms with van der Waals surface area (Å²) in [6.45, 7) is 8.20. The average molecular weight is 301 g/mol. The monoisotopic (exact) mass is 301 g/mol. The lowest BCUT2D eigenvalue weighted by atomic mass is 10.0. The van der Waals surface area contributed by atoms with E-state index in [1.165, 1.54) is 16.7 Å². The van der Waals surface area contributed by atoms with Crippen LogP contribution in [0.1, 0.15) is 33.9 Å². The Hall–Kier alpha value is -1.45. The van der Waals surface area contributed by atoms with Crippen LogP contribution in [0.15, 0.2) is 41.3 Å². The van der Waals surface area contributed by atoms with Gasteiger partial charge >= 0.3 is 0 Å². The van der Waals surface area contributed by atoms with Crippen LogP contribution in [-0.4, -0.2) is 9.96 Å². The highest BCUT2D eigenvalue weighted by molar-refractivity contribution is 7.85. The third-order valence-corrected chi connectivity index (χ3v) is 5.35. The van der Waals surface area contributed by atoms with E-state index in [0.29, 0.717) is 5.75 Å². The van der Waals surface area contributed by atoms with Crippen LogP contribution >= 0.6 is 0 Å². The maximum atomic E-state index is 12.5. The van der Waals surface area contributed by atoms with Crippen molar-refractivity contribution in [1.82, 2.24) is 0 Å². The van der Waals surface area contributed by atoms with E-state index >= 15 is 0 Å². The fraction of sp³-hybridized carbons (Fsp3) is 0.333. The second-order valence-corrected chi connectivity index (χ2v) is 7.22. The van der Waals surface area contributed by atoms with Crippen molar-refractivity contribution in [2.75, 3.05) is 5.75 Å². The van der Waals surface area contributed by atoms with Crippen LogP contribution in [0.3, 0.4) is 0 Å². The van der Waals surface area contributed by atoms with Crippen molar-refractivity contribution in [3.05, 3.63) is 64.2 Å². The number of aryl methyl sites for hydroxylation is 4. The molecule has 2 aromatic rings. The molecule has 0 fully saturated rings. The Kier molecular flexibility index (Phi) is 4.96. The normalized spacial score (nSPS) is 14.0. The van der Waals surface area contributed by atoms with Gasteiger partial charge in [0, 0.05) is 16.7 Å². The first-order chi connectivity index (χ1) is 9.88. The Bertz CT molecular complexity index is 679. The SMILES string of the molecule is Cc1ccc(C)c(C(N)CS(=O)c2ccc(C)c(C)c2)c1. The molecule has 0 aliphatic carbocycles. The molecule has 0 amide bonds. The minimum atomic E-state index is -1.07. The molecule has 0 saturated heterocycles. The van der Waals surface area contributed by atoms with E-state index in [4.69, 9.17) is 5.73 Å². The predicted octanol–water partition coefficient (Wildman–Crippen LogP) is 3.73. The molecule has 2 aromatic carbocycles. The van der Waals surface area contributed by atoms with Crippen LogP contribution in [0, 0.1) is 27.7 Å². The van der Waals surface area contributed by atoms with E-state index in [2.05, 4.69) is 32.0 Å². The van der Waals surface area contributed by atoms with Gasteiger partial charge in [-0.3, -0.25) is 4.21 Å². The molecule has 0 radical (unpaired) electrons. The van der Waals surface area contributed by atoms with Crippen LogP contribution in [0.5, 0.6) is 0 Å². The Morgan fingerprint density at radius 2 is 1.62 bits per heavy atom. The molecule has 2 atom stereocenters. The molecule has 0 aliphatic heterocycles. The zero-order valence-electron chi connectivity index (χ0n) is 13.1. The Labute approximate surface area is 129 Å². The van der Waals surface area contributed by atoms with E-state index in [-0.39, 0.29) is 6.04 Å². The first-order valence-electron chi connectivity index (χ1n) is 7.17. The molecule has 112 valence electrons. The summed E-state index contributed by atoms with van der Waals surface area (Å²) in [6.07, 6.45) is 0. The fourth-order valence-corrected chi connectivity index (χ4v) is 3.59. The van der Waals surface area contributed by atoms with Gasteiger partial charge in [0.25, 0.3) is 0 Å². The summed E-state index contributed by atoms with van der Waals surface area (Å²) in [7, 11) is -1.07. The lowest BCUT2D eigenvalue weighted by Crippen LogP contribution is -2.19. The van der Waals surface area contributed by atoms with Gasteiger partial charge in [-0.15, -0.1) is 0 Å². The number of nitrogens with two attached hydrogens (primary N) is 1. The lowest BCUT2D eigenvalue weighted by molar-refractivity contribution is 0.674. The molecular formula is C18H23NOS. The summed E-state index contributed by atoms with van der Waals surface area (Å²) in [5, 5.41) is 0. The first kappa shape index (κ1) is 15.9. The molecule has 0 heterocycles. The highest BCUT2D eigenvalue weighted by Gasteiger charge is 2.14. The van der Waals surface area contributed by atoms with E-state index in [0.717, 1.165) is 16.0 Å². The molecule has 21 heavy (non-hydrogen) atoms. The average Bonchev–Trinajstić information content (AvgIpc) is 2.44. The van der Waals surface area contributed by atoms with E-state index < -0.39 is 10.8 Å². The molecule has 2 nitrogen and oxygen atoms in total. The molecule has 0 aliphatic rings. The quantitative estimate of drug-likeness (QED) is 0.935. The Morgan fingerprint density at radius 1 is 0.952 bits per heavy atom. The fourth-order valence-electron chi connectivity index (χ4n) is 2.36. The van der Waals surface area contributed by atoms with Gasteiger partial charge in [0.15, 0.2) is 0 Å². The molecule has 0 aromatic heterocycles. The predicted molar refractivity (Wildman–Crippen MR) is 90.0 cm³/mol. The van der Waals surface area contributed by atoms with E-state index in [1.807, 2.05) is 32.0 Å². The van der Waals surface area contributed by atoms with E-state index in [9.17, 15) is 4.21 Å². The summed E-state index contributed by atoms with van der Waals surface area (Å²) in [6, 6.07) is 12.0. The molecule has 0 saturated carbocycles. The third kappa shape index (κ3) is 3.80. The molecule has 2 unspecified atom stereocenters. The second-order valence-electron chi connectivity index (χ2n) is 5.72.